The molecular formula is C13H22N2O3S. The molecule has 0 spiro atoms. The third kappa shape index (κ3) is 3.00. The molecule has 1 atom stereocenters. The van der Waals surface area contributed by atoms with Crippen LogP contribution >= 0.6 is 0 Å². The molecule has 1 aromatic rings. The molecule has 2 heterocycles. The molecule has 19 heavy (non-hydrogen) atoms. The molecule has 0 bridgehead atoms. The summed E-state index contributed by atoms with van der Waals surface area (Å²) in [5, 5.41) is 4.06. The minimum absolute atomic E-state index is 0.146. The van der Waals surface area contributed by atoms with E-state index in [2.05, 4.69) is 5.16 Å². The summed E-state index contributed by atoms with van der Waals surface area (Å²) < 4.78 is 31.3. The van der Waals surface area contributed by atoms with Gasteiger partial charge in [-0.15, -0.1) is 0 Å². The highest BCUT2D eigenvalue weighted by Gasteiger charge is 2.36. The molecule has 2 rings (SSSR count). The fourth-order valence-corrected chi connectivity index (χ4v) is 4.24. The number of sulfonamides is 1. The van der Waals surface area contributed by atoms with E-state index >= 15 is 0 Å². The van der Waals surface area contributed by atoms with Crippen molar-refractivity contribution in [1.29, 1.82) is 0 Å². The molecule has 0 saturated carbocycles. The Morgan fingerprint density at radius 1 is 1.53 bits per heavy atom. The smallest absolute Gasteiger partial charge is 0.214 e. The lowest BCUT2D eigenvalue weighted by molar-refractivity contribution is 0.338. The first kappa shape index (κ1) is 14.5. The van der Waals surface area contributed by atoms with E-state index in [4.69, 9.17) is 4.52 Å². The van der Waals surface area contributed by atoms with Gasteiger partial charge in [0.25, 0.3) is 0 Å². The molecule has 1 fully saturated rings. The Kier molecular flexibility index (Phi) is 4.30. The Morgan fingerprint density at radius 2 is 2.26 bits per heavy atom. The van der Waals surface area contributed by atoms with Gasteiger partial charge in [0.1, 0.15) is 11.5 Å². The molecule has 0 radical (unpaired) electrons. The Labute approximate surface area is 115 Å². The van der Waals surface area contributed by atoms with Crippen LogP contribution in [0.25, 0.3) is 0 Å². The predicted octanol–water partition coefficient (Wildman–Crippen LogP) is 2.67. The Balaban J connectivity index is 2.23. The van der Waals surface area contributed by atoms with Crippen molar-refractivity contribution < 1.29 is 12.9 Å². The van der Waals surface area contributed by atoms with Gasteiger partial charge in [-0.05, 0) is 19.3 Å². The van der Waals surface area contributed by atoms with Crippen molar-refractivity contribution in [2.24, 2.45) is 0 Å². The predicted molar refractivity (Wildman–Crippen MR) is 73.4 cm³/mol. The van der Waals surface area contributed by atoms with Crippen LogP contribution in [-0.4, -0.2) is 30.2 Å². The number of nitrogens with zero attached hydrogens (tertiary/aromatic N) is 2. The molecular weight excluding hydrogens is 264 g/mol. The van der Waals surface area contributed by atoms with E-state index in [0.29, 0.717) is 13.0 Å². The molecule has 0 aromatic carbocycles. The number of hydrogen-bond acceptors (Lipinski definition) is 4. The van der Waals surface area contributed by atoms with Gasteiger partial charge >= 0.3 is 0 Å². The van der Waals surface area contributed by atoms with Crippen LogP contribution in [0.5, 0.6) is 0 Å². The van der Waals surface area contributed by atoms with Gasteiger partial charge in [-0.2, -0.15) is 4.31 Å². The zero-order chi connectivity index (χ0) is 14.0. The monoisotopic (exact) mass is 286 g/mol. The van der Waals surface area contributed by atoms with E-state index in [0.717, 1.165) is 24.3 Å². The third-order valence-electron chi connectivity index (χ3n) is 3.48. The van der Waals surface area contributed by atoms with Crippen LogP contribution in [0.3, 0.4) is 0 Å². The van der Waals surface area contributed by atoms with Crippen LogP contribution in [0.2, 0.25) is 0 Å². The van der Waals surface area contributed by atoms with Gasteiger partial charge < -0.3 is 4.52 Å². The minimum Gasteiger partial charge on any atom is -0.361 e. The molecule has 5 nitrogen and oxygen atoms in total. The van der Waals surface area contributed by atoms with Gasteiger partial charge in [-0.25, -0.2) is 8.42 Å². The van der Waals surface area contributed by atoms with Crippen LogP contribution in [0, 0.1) is 0 Å². The Bertz CT molecular complexity index is 522. The van der Waals surface area contributed by atoms with E-state index in [1.165, 1.54) is 0 Å². The first-order valence-electron chi connectivity index (χ1n) is 6.91. The van der Waals surface area contributed by atoms with Crippen molar-refractivity contribution in [3.8, 4) is 0 Å². The second kappa shape index (κ2) is 5.63. The molecule has 1 saturated heterocycles. The summed E-state index contributed by atoms with van der Waals surface area (Å²) in [5.41, 5.74) is 0.751. The number of hydrogen-bond donors (Lipinski definition) is 0. The molecule has 6 heteroatoms. The van der Waals surface area contributed by atoms with E-state index < -0.39 is 10.0 Å². The van der Waals surface area contributed by atoms with Gasteiger partial charge in [-0.1, -0.05) is 25.9 Å². The standard InChI is InChI=1S/C13H22N2O3S/c1-4-8-19(16,17)15-7-5-6-12(15)11-9-13(10(2)3)18-14-11/h9-10,12H,4-8H2,1-3H3. The van der Waals surface area contributed by atoms with Gasteiger partial charge in [-0.3, -0.25) is 0 Å². The second-order valence-electron chi connectivity index (χ2n) is 5.39. The van der Waals surface area contributed by atoms with E-state index in [1.54, 1.807) is 4.31 Å². The third-order valence-corrected chi connectivity index (χ3v) is 5.56. The maximum Gasteiger partial charge on any atom is 0.214 e. The molecule has 0 amide bonds. The van der Waals surface area contributed by atoms with Crippen molar-refractivity contribution in [1.82, 2.24) is 9.46 Å². The van der Waals surface area contributed by atoms with E-state index in [1.807, 2.05) is 26.8 Å². The normalized spacial score (nSPS) is 21.4. The average Bonchev–Trinajstić information content (AvgIpc) is 2.98. The van der Waals surface area contributed by atoms with E-state index in [9.17, 15) is 8.42 Å². The molecule has 1 unspecified atom stereocenters. The maximum absolute atomic E-state index is 12.2. The van der Waals surface area contributed by atoms with Crippen molar-refractivity contribution in [2.75, 3.05) is 12.3 Å². The highest BCUT2D eigenvalue weighted by atomic mass is 32.2. The zero-order valence-electron chi connectivity index (χ0n) is 11.8. The Morgan fingerprint density at radius 3 is 2.84 bits per heavy atom. The van der Waals surface area contributed by atoms with Crippen LogP contribution in [0.1, 0.15) is 63.4 Å². The summed E-state index contributed by atoms with van der Waals surface area (Å²) in [5.74, 6) is 1.29. The minimum atomic E-state index is -3.17. The molecule has 0 N–H and O–H groups in total. The number of aromatic nitrogens is 1. The van der Waals surface area contributed by atoms with Crippen LogP contribution in [0.4, 0.5) is 0 Å². The molecule has 1 aromatic heterocycles. The van der Waals surface area contributed by atoms with Crippen LogP contribution in [0.15, 0.2) is 10.6 Å². The molecule has 1 aliphatic heterocycles. The van der Waals surface area contributed by atoms with Gasteiger partial charge in [0, 0.05) is 18.5 Å². The molecule has 108 valence electrons. The maximum atomic E-state index is 12.2. The lowest BCUT2D eigenvalue weighted by Crippen LogP contribution is -2.32. The van der Waals surface area contributed by atoms with Gasteiger partial charge in [0.2, 0.25) is 10.0 Å². The first-order valence-corrected chi connectivity index (χ1v) is 8.52. The van der Waals surface area contributed by atoms with Gasteiger partial charge in [0.05, 0.1) is 11.8 Å². The van der Waals surface area contributed by atoms with Crippen molar-refractivity contribution in [3.05, 3.63) is 17.5 Å². The summed E-state index contributed by atoms with van der Waals surface area (Å²) in [6.45, 7) is 6.54. The van der Waals surface area contributed by atoms with Crippen LogP contribution in [-0.2, 0) is 10.0 Å². The topological polar surface area (TPSA) is 63.4 Å². The van der Waals surface area contributed by atoms with Crippen molar-refractivity contribution in [2.45, 2.75) is 52.0 Å². The molecule has 0 aliphatic carbocycles. The highest BCUT2D eigenvalue weighted by molar-refractivity contribution is 7.89. The quantitative estimate of drug-likeness (QED) is 0.834. The highest BCUT2D eigenvalue weighted by Crippen LogP contribution is 2.34. The van der Waals surface area contributed by atoms with Crippen molar-refractivity contribution >= 4 is 10.0 Å². The Hall–Kier alpha value is -0.880. The summed E-state index contributed by atoms with van der Waals surface area (Å²) >= 11 is 0. The summed E-state index contributed by atoms with van der Waals surface area (Å²) in [7, 11) is -3.17. The second-order valence-corrected chi connectivity index (χ2v) is 7.43. The summed E-state index contributed by atoms with van der Waals surface area (Å²) in [6, 6.07) is 1.75. The fraction of sp³-hybridized carbons (Fsp3) is 0.769. The lowest BCUT2D eigenvalue weighted by Gasteiger charge is -2.21. The average molecular weight is 286 g/mol. The van der Waals surface area contributed by atoms with Crippen LogP contribution < -0.4 is 0 Å². The summed E-state index contributed by atoms with van der Waals surface area (Å²) in [6.07, 6.45) is 2.35. The van der Waals surface area contributed by atoms with E-state index in [-0.39, 0.29) is 17.7 Å². The molecule has 1 aliphatic rings. The zero-order valence-corrected chi connectivity index (χ0v) is 12.6. The SMILES string of the molecule is CCCS(=O)(=O)N1CCCC1c1cc(C(C)C)on1. The summed E-state index contributed by atoms with van der Waals surface area (Å²) in [4.78, 5) is 0. The van der Waals surface area contributed by atoms with Gasteiger partial charge in [0.15, 0.2) is 0 Å². The number of rotatable bonds is 5. The lowest BCUT2D eigenvalue weighted by atomic mass is 10.1. The largest absolute Gasteiger partial charge is 0.361 e. The van der Waals surface area contributed by atoms with Crippen molar-refractivity contribution in [3.63, 3.8) is 0 Å². The first-order chi connectivity index (χ1) is 8.95. The fourth-order valence-electron chi connectivity index (χ4n) is 2.48.